The molecule has 0 bridgehead atoms. The maximum atomic E-state index is 13.0. The van der Waals surface area contributed by atoms with Crippen LogP contribution in [0.1, 0.15) is 48.5 Å². The van der Waals surface area contributed by atoms with Gasteiger partial charge in [-0.05, 0) is 61.6 Å². The Bertz CT molecular complexity index is 1090. The number of methoxy groups -OCH3 is 1. The number of nitrogens with zero attached hydrogens (tertiary/aromatic N) is 1. The Morgan fingerprint density at radius 3 is 2.39 bits per heavy atom. The highest BCUT2D eigenvalue weighted by Gasteiger charge is 2.29. The molecule has 1 N–H and O–H groups in total. The molecule has 0 saturated carbocycles. The van der Waals surface area contributed by atoms with Gasteiger partial charge in [0.15, 0.2) is 0 Å². The van der Waals surface area contributed by atoms with Crippen LogP contribution in [0.2, 0.25) is 5.02 Å². The highest BCUT2D eigenvalue weighted by Crippen LogP contribution is 2.26. The van der Waals surface area contributed by atoms with E-state index in [0.29, 0.717) is 31.6 Å². The van der Waals surface area contributed by atoms with Crippen LogP contribution < -0.4 is 4.72 Å². The van der Waals surface area contributed by atoms with Crippen LogP contribution in [0, 0.1) is 5.92 Å². The summed E-state index contributed by atoms with van der Waals surface area (Å²) >= 11 is 6.24. The molecule has 178 valence electrons. The zero-order valence-corrected chi connectivity index (χ0v) is 20.4. The fourth-order valence-electron chi connectivity index (χ4n) is 3.83. The summed E-state index contributed by atoms with van der Waals surface area (Å²) in [5.74, 6) is -0.878. The van der Waals surface area contributed by atoms with Crippen LogP contribution in [0.5, 0.6) is 0 Å². The number of benzene rings is 2. The van der Waals surface area contributed by atoms with Gasteiger partial charge in [-0.3, -0.25) is 14.3 Å². The molecule has 1 aliphatic heterocycles. The number of likely N-dealkylation sites (tertiary alicyclic amines) is 1. The Kier molecular flexibility index (Phi) is 8.37. The monoisotopic (exact) mass is 492 g/mol. The lowest BCUT2D eigenvalue weighted by Gasteiger charge is -2.31. The quantitative estimate of drug-likeness (QED) is 0.547. The number of hydrogen-bond acceptors (Lipinski definition) is 5. The zero-order valence-electron chi connectivity index (χ0n) is 18.8. The van der Waals surface area contributed by atoms with Gasteiger partial charge >= 0.3 is 5.97 Å². The number of carbonyl (C=O) groups is 2. The third-order valence-corrected chi connectivity index (χ3v) is 7.53. The van der Waals surface area contributed by atoms with Crippen molar-refractivity contribution in [2.24, 2.45) is 5.92 Å². The minimum Gasteiger partial charge on any atom is -0.469 e. The Labute approximate surface area is 200 Å². The van der Waals surface area contributed by atoms with Gasteiger partial charge in [-0.1, -0.05) is 37.1 Å². The van der Waals surface area contributed by atoms with E-state index in [1.165, 1.54) is 25.3 Å². The van der Waals surface area contributed by atoms with Crippen LogP contribution in [0.15, 0.2) is 47.4 Å². The summed E-state index contributed by atoms with van der Waals surface area (Å²) in [7, 11) is -2.56. The largest absolute Gasteiger partial charge is 0.469 e. The fraction of sp³-hybridized carbons (Fsp3) is 0.417. The number of ether oxygens (including phenoxy) is 1. The van der Waals surface area contributed by atoms with Gasteiger partial charge < -0.3 is 9.64 Å². The third-order valence-electron chi connectivity index (χ3n) is 5.82. The van der Waals surface area contributed by atoms with Crippen molar-refractivity contribution in [3.05, 3.63) is 58.6 Å². The van der Waals surface area contributed by atoms with Crippen LogP contribution >= 0.6 is 11.6 Å². The summed E-state index contributed by atoms with van der Waals surface area (Å²) in [6.07, 6.45) is 4.10. The minimum atomic E-state index is -3.91. The molecule has 0 spiro atoms. The van der Waals surface area contributed by atoms with E-state index in [0.717, 1.165) is 24.8 Å². The summed E-state index contributed by atoms with van der Waals surface area (Å²) in [5, 5.41) is 0.175. The molecule has 2 aromatic rings. The second-order valence-electron chi connectivity index (χ2n) is 8.14. The van der Waals surface area contributed by atoms with Gasteiger partial charge in [0.05, 0.1) is 28.5 Å². The first kappa shape index (κ1) is 25.1. The maximum absolute atomic E-state index is 13.0. The summed E-state index contributed by atoms with van der Waals surface area (Å²) in [4.78, 5) is 26.3. The number of sulfonamides is 1. The lowest BCUT2D eigenvalue weighted by molar-refractivity contribution is -0.146. The van der Waals surface area contributed by atoms with Crippen molar-refractivity contribution >= 4 is 39.2 Å². The Balaban J connectivity index is 1.73. The molecule has 0 atom stereocenters. The molecule has 1 fully saturated rings. The number of hydrogen-bond donors (Lipinski definition) is 1. The molecular weight excluding hydrogens is 464 g/mol. The normalized spacial score (nSPS) is 14.7. The van der Waals surface area contributed by atoms with Gasteiger partial charge in [0.25, 0.3) is 15.9 Å². The van der Waals surface area contributed by atoms with Gasteiger partial charge in [0, 0.05) is 18.8 Å². The first-order chi connectivity index (χ1) is 15.7. The molecule has 1 saturated heterocycles. The van der Waals surface area contributed by atoms with Gasteiger partial charge in [0.2, 0.25) is 0 Å². The second-order valence-corrected chi connectivity index (χ2v) is 10.2. The minimum absolute atomic E-state index is 0.0465. The van der Waals surface area contributed by atoms with Gasteiger partial charge in [0.1, 0.15) is 0 Å². The molecule has 3 rings (SSSR count). The number of aryl methyl sites for hydroxylation is 1. The van der Waals surface area contributed by atoms with E-state index in [4.69, 9.17) is 16.3 Å². The number of anilines is 1. The van der Waals surface area contributed by atoms with Crippen LogP contribution in [0.25, 0.3) is 0 Å². The number of unbranched alkanes of at least 4 members (excludes halogenated alkanes) is 1. The summed E-state index contributed by atoms with van der Waals surface area (Å²) in [6.45, 7) is 2.86. The smallest absolute Gasteiger partial charge is 0.308 e. The SMILES string of the molecule is CCCCc1ccc(NS(=O)(=O)c2ccc(Cl)c(C(=O)N3CCC(C(=O)OC)CC3)c2)cc1. The van der Waals surface area contributed by atoms with E-state index in [1.54, 1.807) is 17.0 Å². The molecule has 1 heterocycles. The zero-order chi connectivity index (χ0) is 24.0. The van der Waals surface area contributed by atoms with Crippen molar-refractivity contribution in [2.45, 2.75) is 43.9 Å². The van der Waals surface area contributed by atoms with Crippen LogP contribution in [-0.2, 0) is 26.0 Å². The second kappa shape index (κ2) is 11.0. The molecule has 2 aromatic carbocycles. The molecule has 0 aromatic heterocycles. The standard InChI is InChI=1S/C24H29ClN2O5S/c1-3-4-5-17-6-8-19(9-7-17)26-33(30,31)20-10-11-22(25)21(16-20)23(28)27-14-12-18(13-15-27)24(29)32-2/h6-11,16,18,26H,3-5,12-15H2,1-2H3. The van der Waals surface area contributed by atoms with E-state index < -0.39 is 10.0 Å². The predicted octanol–water partition coefficient (Wildman–Crippen LogP) is 4.51. The van der Waals surface area contributed by atoms with E-state index >= 15 is 0 Å². The highest BCUT2D eigenvalue weighted by atomic mass is 35.5. The summed E-state index contributed by atoms with van der Waals surface area (Å²) in [5.41, 5.74) is 1.71. The van der Waals surface area contributed by atoms with E-state index in [2.05, 4.69) is 11.6 Å². The van der Waals surface area contributed by atoms with Crippen molar-refractivity contribution in [3.8, 4) is 0 Å². The summed E-state index contributed by atoms with van der Waals surface area (Å²) in [6, 6.07) is 11.4. The number of esters is 1. The number of nitrogens with one attached hydrogen (secondary N) is 1. The number of carbonyl (C=O) groups excluding carboxylic acids is 2. The van der Waals surface area contributed by atoms with E-state index in [9.17, 15) is 18.0 Å². The molecule has 1 amide bonds. The van der Waals surface area contributed by atoms with E-state index in [1.807, 2.05) is 12.1 Å². The predicted molar refractivity (Wildman–Crippen MR) is 128 cm³/mol. The van der Waals surface area contributed by atoms with Crippen molar-refractivity contribution in [2.75, 3.05) is 24.9 Å². The van der Waals surface area contributed by atoms with Crippen LogP contribution in [-0.4, -0.2) is 45.4 Å². The van der Waals surface area contributed by atoms with Crippen LogP contribution in [0.3, 0.4) is 0 Å². The van der Waals surface area contributed by atoms with Gasteiger partial charge in [-0.25, -0.2) is 8.42 Å². The van der Waals surface area contributed by atoms with Crippen molar-refractivity contribution in [1.82, 2.24) is 4.90 Å². The highest BCUT2D eigenvalue weighted by molar-refractivity contribution is 7.92. The topological polar surface area (TPSA) is 92.8 Å². The molecule has 0 radical (unpaired) electrons. The first-order valence-electron chi connectivity index (χ1n) is 11.0. The lowest BCUT2D eigenvalue weighted by atomic mass is 9.96. The Hall–Kier alpha value is -2.58. The number of piperidine rings is 1. The van der Waals surface area contributed by atoms with Crippen molar-refractivity contribution < 1.29 is 22.7 Å². The third kappa shape index (κ3) is 6.26. The number of rotatable bonds is 8. The fourth-order valence-corrected chi connectivity index (χ4v) is 5.11. The van der Waals surface area contributed by atoms with Gasteiger partial charge in [-0.15, -0.1) is 0 Å². The molecule has 1 aliphatic rings. The lowest BCUT2D eigenvalue weighted by Crippen LogP contribution is -2.40. The van der Waals surface area contributed by atoms with Crippen LogP contribution in [0.4, 0.5) is 5.69 Å². The molecule has 0 aliphatic carbocycles. The number of amides is 1. The first-order valence-corrected chi connectivity index (χ1v) is 12.9. The molecule has 33 heavy (non-hydrogen) atoms. The van der Waals surface area contributed by atoms with E-state index in [-0.39, 0.29) is 33.3 Å². The molecule has 9 heteroatoms. The van der Waals surface area contributed by atoms with Crippen molar-refractivity contribution in [1.29, 1.82) is 0 Å². The molecule has 0 unspecified atom stereocenters. The average Bonchev–Trinajstić information content (AvgIpc) is 2.82. The maximum Gasteiger partial charge on any atom is 0.308 e. The van der Waals surface area contributed by atoms with Gasteiger partial charge in [-0.2, -0.15) is 0 Å². The average molecular weight is 493 g/mol. The number of halogens is 1. The van der Waals surface area contributed by atoms with Crippen molar-refractivity contribution in [3.63, 3.8) is 0 Å². The Morgan fingerprint density at radius 2 is 1.79 bits per heavy atom. The Morgan fingerprint density at radius 1 is 1.12 bits per heavy atom. The molecule has 7 nitrogen and oxygen atoms in total. The molecular formula is C24H29ClN2O5S. The summed E-state index contributed by atoms with van der Waals surface area (Å²) < 4.78 is 33.2.